The van der Waals surface area contributed by atoms with Gasteiger partial charge in [0.15, 0.2) is 0 Å². The number of hydrogen-bond acceptors (Lipinski definition) is 3. The molecule has 0 radical (unpaired) electrons. The van der Waals surface area contributed by atoms with Gasteiger partial charge in [0.2, 0.25) is 0 Å². The van der Waals surface area contributed by atoms with E-state index in [2.05, 4.69) is 23.8 Å². The maximum Gasteiger partial charge on any atom is 0.0835 e. The molecule has 0 amide bonds. The monoisotopic (exact) mass is 253 g/mol. The molecule has 1 aromatic rings. The molecule has 1 aliphatic carbocycles. The molecule has 96 valence electrons. The number of hydrogen-bond donors (Lipinski definition) is 1. The maximum absolute atomic E-state index is 6.44. The van der Waals surface area contributed by atoms with Crippen molar-refractivity contribution in [3.8, 4) is 0 Å². The molecule has 0 aliphatic heterocycles. The molecular weight excluding hydrogens is 230 g/mol. The van der Waals surface area contributed by atoms with Crippen molar-refractivity contribution in [3.63, 3.8) is 0 Å². The van der Waals surface area contributed by atoms with Crippen LogP contribution in [0.3, 0.4) is 0 Å². The molecule has 1 aliphatic rings. The van der Waals surface area contributed by atoms with Gasteiger partial charge in [-0.25, -0.2) is 0 Å². The molecule has 0 aromatic carbocycles. The fraction of sp³-hybridized carbons (Fsp3) is 0.714. The van der Waals surface area contributed by atoms with Crippen molar-refractivity contribution in [2.75, 3.05) is 6.61 Å². The first-order chi connectivity index (χ1) is 8.27. The summed E-state index contributed by atoms with van der Waals surface area (Å²) in [5, 5.41) is 4.32. The Morgan fingerprint density at radius 2 is 2.18 bits per heavy atom. The molecule has 1 heterocycles. The number of thiophene rings is 1. The molecule has 1 fully saturated rings. The summed E-state index contributed by atoms with van der Waals surface area (Å²) in [6.45, 7) is 2.85. The van der Waals surface area contributed by atoms with Crippen molar-refractivity contribution in [2.24, 2.45) is 5.73 Å². The molecule has 3 heteroatoms. The van der Waals surface area contributed by atoms with Gasteiger partial charge in [0, 0.05) is 12.6 Å². The lowest BCUT2D eigenvalue weighted by Gasteiger charge is -2.41. The van der Waals surface area contributed by atoms with Gasteiger partial charge in [0.1, 0.15) is 0 Å². The predicted octanol–water partition coefficient (Wildman–Crippen LogP) is 3.36. The lowest BCUT2D eigenvalue weighted by Crippen LogP contribution is -2.52. The van der Waals surface area contributed by atoms with Crippen molar-refractivity contribution in [2.45, 2.75) is 57.1 Å². The Kier molecular flexibility index (Phi) is 4.60. The Labute approximate surface area is 108 Å². The van der Waals surface area contributed by atoms with Gasteiger partial charge in [-0.2, -0.15) is 11.3 Å². The zero-order valence-corrected chi connectivity index (χ0v) is 11.5. The SMILES string of the molecule is CCOC1(C(N)Cc2ccsc2)CCCCC1. The van der Waals surface area contributed by atoms with Gasteiger partial charge in [-0.1, -0.05) is 19.3 Å². The van der Waals surface area contributed by atoms with Gasteiger partial charge < -0.3 is 10.5 Å². The molecule has 17 heavy (non-hydrogen) atoms. The third-order valence-electron chi connectivity index (χ3n) is 3.84. The number of ether oxygens (including phenoxy) is 1. The van der Waals surface area contributed by atoms with Crippen LogP contribution in [0.1, 0.15) is 44.6 Å². The summed E-state index contributed by atoms with van der Waals surface area (Å²) in [7, 11) is 0. The lowest BCUT2D eigenvalue weighted by atomic mass is 9.77. The average molecular weight is 253 g/mol. The number of rotatable bonds is 5. The first-order valence-electron chi connectivity index (χ1n) is 6.67. The summed E-state index contributed by atoms with van der Waals surface area (Å²) < 4.78 is 6.06. The van der Waals surface area contributed by atoms with Crippen molar-refractivity contribution in [1.29, 1.82) is 0 Å². The van der Waals surface area contributed by atoms with E-state index in [4.69, 9.17) is 10.5 Å². The van der Waals surface area contributed by atoms with E-state index < -0.39 is 0 Å². The van der Waals surface area contributed by atoms with Crippen LogP contribution in [0.25, 0.3) is 0 Å². The molecule has 2 rings (SSSR count). The Morgan fingerprint density at radius 3 is 2.76 bits per heavy atom. The van der Waals surface area contributed by atoms with Crippen LogP contribution in [0.4, 0.5) is 0 Å². The highest BCUT2D eigenvalue weighted by atomic mass is 32.1. The average Bonchev–Trinajstić information content (AvgIpc) is 2.83. The van der Waals surface area contributed by atoms with Gasteiger partial charge in [-0.3, -0.25) is 0 Å². The normalized spacial score (nSPS) is 21.3. The van der Waals surface area contributed by atoms with Crippen LogP contribution in [-0.2, 0) is 11.2 Å². The standard InChI is InChI=1S/C14H23NOS/c1-2-16-14(7-4-3-5-8-14)13(15)10-12-6-9-17-11-12/h6,9,11,13H,2-5,7-8,10,15H2,1H3. The second kappa shape index (κ2) is 5.98. The van der Waals surface area contributed by atoms with Crippen LogP contribution in [0.2, 0.25) is 0 Å². The number of nitrogens with two attached hydrogens (primary N) is 1. The van der Waals surface area contributed by atoms with Gasteiger partial charge in [0.25, 0.3) is 0 Å². The van der Waals surface area contributed by atoms with Crippen molar-refractivity contribution >= 4 is 11.3 Å². The van der Waals surface area contributed by atoms with Crippen LogP contribution in [0.5, 0.6) is 0 Å². The van der Waals surface area contributed by atoms with Crippen LogP contribution >= 0.6 is 11.3 Å². The van der Waals surface area contributed by atoms with Gasteiger partial charge >= 0.3 is 0 Å². The molecule has 2 N–H and O–H groups in total. The summed E-state index contributed by atoms with van der Waals surface area (Å²) >= 11 is 1.74. The van der Waals surface area contributed by atoms with E-state index in [0.717, 1.165) is 25.9 Å². The summed E-state index contributed by atoms with van der Waals surface area (Å²) in [4.78, 5) is 0. The summed E-state index contributed by atoms with van der Waals surface area (Å²) in [6.07, 6.45) is 7.07. The maximum atomic E-state index is 6.44. The summed E-state index contributed by atoms with van der Waals surface area (Å²) in [6, 6.07) is 2.31. The summed E-state index contributed by atoms with van der Waals surface area (Å²) in [5.41, 5.74) is 7.73. The van der Waals surface area contributed by atoms with Crippen molar-refractivity contribution in [3.05, 3.63) is 22.4 Å². The minimum Gasteiger partial charge on any atom is -0.374 e. The predicted molar refractivity (Wildman–Crippen MR) is 73.4 cm³/mol. The van der Waals surface area contributed by atoms with E-state index in [1.54, 1.807) is 11.3 Å². The highest BCUT2D eigenvalue weighted by molar-refractivity contribution is 7.07. The smallest absolute Gasteiger partial charge is 0.0835 e. The second-order valence-corrected chi connectivity index (χ2v) is 5.78. The van der Waals surface area contributed by atoms with Crippen molar-refractivity contribution in [1.82, 2.24) is 0 Å². The zero-order valence-electron chi connectivity index (χ0n) is 10.7. The van der Waals surface area contributed by atoms with E-state index in [1.807, 2.05) is 0 Å². The van der Waals surface area contributed by atoms with Crippen molar-refractivity contribution < 1.29 is 4.74 Å². The second-order valence-electron chi connectivity index (χ2n) is 5.00. The quantitative estimate of drug-likeness (QED) is 0.873. The molecule has 0 spiro atoms. The van der Waals surface area contributed by atoms with Crippen LogP contribution in [0, 0.1) is 0 Å². The Balaban J connectivity index is 2.03. The molecule has 1 aromatic heterocycles. The largest absolute Gasteiger partial charge is 0.374 e. The Hall–Kier alpha value is -0.380. The van der Waals surface area contributed by atoms with Crippen LogP contribution in [-0.4, -0.2) is 18.2 Å². The first-order valence-corrected chi connectivity index (χ1v) is 7.62. The summed E-state index contributed by atoms with van der Waals surface area (Å²) in [5.74, 6) is 0. The fourth-order valence-electron chi connectivity index (χ4n) is 2.91. The molecule has 0 saturated heterocycles. The van der Waals surface area contributed by atoms with E-state index in [9.17, 15) is 0 Å². The van der Waals surface area contributed by atoms with E-state index >= 15 is 0 Å². The zero-order chi connectivity index (χ0) is 12.1. The third-order valence-corrected chi connectivity index (χ3v) is 4.58. The third kappa shape index (κ3) is 3.09. The highest BCUT2D eigenvalue weighted by Crippen LogP contribution is 2.35. The van der Waals surface area contributed by atoms with Crippen LogP contribution in [0.15, 0.2) is 16.8 Å². The Morgan fingerprint density at radius 1 is 1.41 bits per heavy atom. The molecule has 2 nitrogen and oxygen atoms in total. The highest BCUT2D eigenvalue weighted by Gasteiger charge is 2.38. The molecule has 1 unspecified atom stereocenters. The molecular formula is C14H23NOS. The van der Waals surface area contributed by atoms with E-state index in [-0.39, 0.29) is 11.6 Å². The van der Waals surface area contributed by atoms with Gasteiger partial charge in [-0.05, 0) is 48.6 Å². The molecule has 1 saturated carbocycles. The fourth-order valence-corrected chi connectivity index (χ4v) is 3.59. The topological polar surface area (TPSA) is 35.2 Å². The van der Waals surface area contributed by atoms with Gasteiger partial charge in [0.05, 0.1) is 5.60 Å². The minimum absolute atomic E-state index is 0.0606. The Bertz CT molecular complexity index is 311. The van der Waals surface area contributed by atoms with E-state index in [0.29, 0.717) is 0 Å². The van der Waals surface area contributed by atoms with E-state index in [1.165, 1.54) is 24.8 Å². The molecule has 1 atom stereocenters. The van der Waals surface area contributed by atoms with Gasteiger partial charge in [-0.15, -0.1) is 0 Å². The first kappa shape index (κ1) is 13.1. The lowest BCUT2D eigenvalue weighted by molar-refractivity contribution is -0.0817. The minimum atomic E-state index is -0.0606. The van der Waals surface area contributed by atoms with Crippen LogP contribution < -0.4 is 5.73 Å². The molecule has 0 bridgehead atoms.